The summed E-state index contributed by atoms with van der Waals surface area (Å²) in [5, 5.41) is 10.2. The fraction of sp³-hybridized carbons (Fsp3) is 0.143. The van der Waals surface area contributed by atoms with Crippen molar-refractivity contribution in [2.45, 2.75) is 13.3 Å². The second kappa shape index (κ2) is 7.71. The molecule has 0 spiro atoms. The van der Waals surface area contributed by atoms with E-state index in [4.69, 9.17) is 0 Å². The van der Waals surface area contributed by atoms with Gasteiger partial charge < -0.3 is 5.11 Å². The summed E-state index contributed by atoms with van der Waals surface area (Å²) in [6.07, 6.45) is 8.92. The molecule has 0 bridgehead atoms. The van der Waals surface area contributed by atoms with Crippen LogP contribution >= 0.6 is 0 Å². The number of hydrogen-bond donors (Lipinski definition) is 1. The highest BCUT2D eigenvalue weighted by atomic mass is 19.1. The Morgan fingerprint density at radius 2 is 1.88 bits per heavy atom. The third-order valence-electron chi connectivity index (χ3n) is 3.93. The van der Waals surface area contributed by atoms with Crippen LogP contribution in [0.1, 0.15) is 18.9 Å². The van der Waals surface area contributed by atoms with Gasteiger partial charge in [-0.15, -0.1) is 0 Å². The van der Waals surface area contributed by atoms with E-state index >= 15 is 0 Å². The third kappa shape index (κ3) is 4.29. The standard InChI is InChI=1S/C21H19FN2O/c1-15-8-9-20(22)19(11-15)16-5-2-3-7-21(24-14-18(25)12-16)17-6-4-10-23-13-17/h2-7,9-15,25H,8H2,1H3. The molecular weight excluding hydrogens is 315 g/mol. The molecule has 4 heteroatoms. The van der Waals surface area contributed by atoms with Crippen LogP contribution in [0, 0.1) is 5.92 Å². The van der Waals surface area contributed by atoms with Crippen molar-refractivity contribution in [1.82, 2.24) is 9.97 Å². The Kier molecular flexibility index (Phi) is 5.19. The molecule has 1 aliphatic carbocycles. The van der Waals surface area contributed by atoms with Gasteiger partial charge in [0.1, 0.15) is 11.6 Å². The normalized spacial score (nSPS) is 16.5. The zero-order valence-electron chi connectivity index (χ0n) is 13.9. The first-order valence-corrected chi connectivity index (χ1v) is 8.15. The summed E-state index contributed by atoms with van der Waals surface area (Å²) in [4.78, 5) is 8.40. The lowest BCUT2D eigenvalue weighted by Gasteiger charge is -2.14. The molecular formula is C21H19FN2O. The van der Waals surface area contributed by atoms with E-state index in [1.54, 1.807) is 24.5 Å². The molecule has 126 valence electrons. The van der Waals surface area contributed by atoms with E-state index in [9.17, 15) is 9.50 Å². The molecule has 1 atom stereocenters. The van der Waals surface area contributed by atoms with Crippen molar-refractivity contribution in [3.63, 3.8) is 0 Å². The third-order valence-corrected chi connectivity index (χ3v) is 3.93. The number of rotatable bonds is 2. The van der Waals surface area contributed by atoms with E-state index in [1.165, 1.54) is 12.3 Å². The van der Waals surface area contributed by atoms with Gasteiger partial charge in [-0.1, -0.05) is 31.2 Å². The van der Waals surface area contributed by atoms with Gasteiger partial charge in [0.15, 0.2) is 0 Å². The SMILES string of the molecule is CC1C=C(c2ccccc(-c3cccnc3)ncc(O)c2)C(F)=CC1. The monoisotopic (exact) mass is 334 g/mol. The van der Waals surface area contributed by atoms with Crippen molar-refractivity contribution in [3.8, 4) is 17.0 Å². The molecule has 0 fully saturated rings. The average Bonchev–Trinajstić information content (AvgIpc) is 2.63. The number of hydrogen-bond acceptors (Lipinski definition) is 3. The Bertz CT molecular complexity index is 874. The zero-order chi connectivity index (χ0) is 17.6. The molecule has 2 aromatic rings. The fourth-order valence-corrected chi connectivity index (χ4v) is 2.65. The number of aromatic hydroxyl groups is 1. The van der Waals surface area contributed by atoms with Gasteiger partial charge in [0.2, 0.25) is 0 Å². The minimum atomic E-state index is -0.262. The van der Waals surface area contributed by atoms with Crippen LogP contribution < -0.4 is 0 Å². The molecule has 0 aliphatic heterocycles. The van der Waals surface area contributed by atoms with Crippen molar-refractivity contribution < 1.29 is 9.50 Å². The lowest BCUT2D eigenvalue weighted by molar-refractivity contribution is 0.473. The molecule has 1 N–H and O–H groups in total. The largest absolute Gasteiger partial charge is 0.506 e. The van der Waals surface area contributed by atoms with E-state index < -0.39 is 0 Å². The predicted octanol–water partition coefficient (Wildman–Crippen LogP) is 5.25. The molecule has 3 rings (SSSR count). The predicted molar refractivity (Wildman–Crippen MR) is 97.7 cm³/mol. The van der Waals surface area contributed by atoms with Crippen LogP contribution in [0.4, 0.5) is 4.39 Å². The van der Waals surface area contributed by atoms with Crippen LogP contribution in [0.3, 0.4) is 0 Å². The fourth-order valence-electron chi connectivity index (χ4n) is 2.65. The van der Waals surface area contributed by atoms with E-state index in [1.807, 2.05) is 43.3 Å². The summed E-state index contributed by atoms with van der Waals surface area (Å²) in [5.74, 6) is -0.0401. The van der Waals surface area contributed by atoms with Gasteiger partial charge in [0.05, 0.1) is 11.9 Å². The van der Waals surface area contributed by atoms with Crippen LogP contribution in [0.15, 0.2) is 79.0 Å². The van der Waals surface area contributed by atoms with E-state index in [0.29, 0.717) is 23.3 Å². The molecule has 0 radical (unpaired) electrons. The van der Waals surface area contributed by atoms with Crippen molar-refractivity contribution >= 4 is 5.57 Å². The molecule has 1 aliphatic rings. The maximum atomic E-state index is 14.2. The van der Waals surface area contributed by atoms with Gasteiger partial charge in [-0.05, 0) is 48.2 Å². The Morgan fingerprint density at radius 1 is 1.08 bits per heavy atom. The van der Waals surface area contributed by atoms with Gasteiger partial charge in [-0.25, -0.2) is 4.39 Å². The first-order valence-electron chi connectivity index (χ1n) is 8.15. The summed E-state index contributed by atoms with van der Waals surface area (Å²) in [5.41, 5.74) is 2.63. The summed E-state index contributed by atoms with van der Waals surface area (Å²) in [6.45, 7) is 2.04. The van der Waals surface area contributed by atoms with Crippen molar-refractivity contribution in [2.24, 2.45) is 5.92 Å². The highest BCUT2D eigenvalue weighted by Gasteiger charge is 2.14. The first kappa shape index (κ1) is 16.8. The maximum absolute atomic E-state index is 14.2. The van der Waals surface area contributed by atoms with Gasteiger partial charge in [-0.3, -0.25) is 9.97 Å². The van der Waals surface area contributed by atoms with Crippen LogP contribution in [-0.2, 0) is 0 Å². The van der Waals surface area contributed by atoms with Crippen LogP contribution in [0.25, 0.3) is 16.8 Å². The van der Waals surface area contributed by atoms with Gasteiger partial charge >= 0.3 is 0 Å². The number of allylic oxidation sites excluding steroid dienone is 4. The Balaban J connectivity index is 2.07. The second-order valence-electron chi connectivity index (χ2n) is 5.97. The lowest BCUT2D eigenvalue weighted by Crippen LogP contribution is -1.98. The minimum Gasteiger partial charge on any atom is -0.506 e. The average molecular weight is 334 g/mol. The van der Waals surface area contributed by atoms with Gasteiger partial charge in [-0.2, -0.15) is 0 Å². The van der Waals surface area contributed by atoms with E-state index in [2.05, 4.69) is 9.97 Å². The quantitative estimate of drug-likeness (QED) is 0.816. The Labute approximate surface area is 146 Å². The highest BCUT2D eigenvalue weighted by molar-refractivity contribution is 5.78. The summed E-state index contributed by atoms with van der Waals surface area (Å²) in [7, 11) is 0. The van der Waals surface area contributed by atoms with Crippen molar-refractivity contribution in [2.75, 3.05) is 0 Å². The van der Waals surface area contributed by atoms with Gasteiger partial charge in [0.25, 0.3) is 0 Å². The molecule has 2 aromatic heterocycles. The van der Waals surface area contributed by atoms with Crippen molar-refractivity contribution in [1.29, 1.82) is 0 Å². The Hall–Kier alpha value is -3.01. The van der Waals surface area contributed by atoms with E-state index in [-0.39, 0.29) is 17.5 Å². The number of nitrogens with zero attached hydrogens (tertiary/aromatic N) is 2. The molecule has 0 aromatic carbocycles. The van der Waals surface area contributed by atoms with Crippen LogP contribution in [-0.4, -0.2) is 15.1 Å². The summed E-state index contributed by atoms with van der Waals surface area (Å²) in [6, 6.07) is 12.5. The first-order chi connectivity index (χ1) is 12.1. The zero-order valence-corrected chi connectivity index (χ0v) is 13.9. The number of pyridine rings is 1. The summed E-state index contributed by atoms with van der Waals surface area (Å²) >= 11 is 0. The number of halogens is 1. The molecule has 0 saturated carbocycles. The van der Waals surface area contributed by atoms with Gasteiger partial charge in [0, 0.05) is 23.5 Å². The molecule has 0 saturated heterocycles. The smallest absolute Gasteiger partial charge is 0.134 e. The number of aromatic nitrogens is 2. The summed E-state index contributed by atoms with van der Waals surface area (Å²) < 4.78 is 14.2. The van der Waals surface area contributed by atoms with Crippen molar-refractivity contribution in [3.05, 3.63) is 84.6 Å². The topological polar surface area (TPSA) is 46.0 Å². The molecule has 3 nitrogen and oxygen atoms in total. The second-order valence-corrected chi connectivity index (χ2v) is 5.97. The Morgan fingerprint density at radius 3 is 2.68 bits per heavy atom. The van der Waals surface area contributed by atoms with Crippen LogP contribution in [0.5, 0.6) is 5.75 Å². The van der Waals surface area contributed by atoms with E-state index in [0.717, 1.165) is 5.56 Å². The highest BCUT2D eigenvalue weighted by Crippen LogP contribution is 2.31. The van der Waals surface area contributed by atoms with Crippen LogP contribution in [0.2, 0.25) is 0 Å². The lowest BCUT2D eigenvalue weighted by atomic mass is 9.93. The molecule has 1 unspecified atom stereocenters. The molecule has 2 heterocycles. The minimum absolute atomic E-state index is 0.0386. The molecule has 0 amide bonds. The molecule has 25 heavy (non-hydrogen) atoms. The maximum Gasteiger partial charge on any atom is 0.134 e.